The van der Waals surface area contributed by atoms with Crippen molar-refractivity contribution in [3.63, 3.8) is 0 Å². The van der Waals surface area contributed by atoms with E-state index in [4.69, 9.17) is 23.2 Å². The molecule has 0 radical (unpaired) electrons. The Hall–Kier alpha value is -0.710. The van der Waals surface area contributed by atoms with Gasteiger partial charge in [0.25, 0.3) is 0 Å². The number of hydrogen-bond donors (Lipinski definition) is 0. The minimum atomic E-state index is -0.371. The van der Waals surface area contributed by atoms with Gasteiger partial charge in [0.1, 0.15) is 15.8 Å². The standard InChI is InChI=1S/C10H7Cl2FN2S/c1-5(11)9-14-15-10(16-9)7-3-2-6(13)4-8(7)12/h2-5H,1H3. The molecule has 1 aromatic heterocycles. The summed E-state index contributed by atoms with van der Waals surface area (Å²) in [6, 6.07) is 4.18. The summed E-state index contributed by atoms with van der Waals surface area (Å²) in [4.78, 5) is 0. The third kappa shape index (κ3) is 2.34. The molecular formula is C10H7Cl2FN2S. The fraction of sp³-hybridized carbons (Fsp3) is 0.200. The Morgan fingerprint density at radius 2 is 2.12 bits per heavy atom. The van der Waals surface area contributed by atoms with Crippen molar-refractivity contribution in [1.29, 1.82) is 0 Å². The second-order valence-corrected chi connectivity index (χ2v) is 5.26. The lowest BCUT2D eigenvalue weighted by Gasteiger charge is -1.98. The summed E-state index contributed by atoms with van der Waals surface area (Å²) in [5.74, 6) is -0.371. The average molecular weight is 277 g/mol. The quantitative estimate of drug-likeness (QED) is 0.765. The van der Waals surface area contributed by atoms with Gasteiger partial charge in [0.2, 0.25) is 0 Å². The van der Waals surface area contributed by atoms with Gasteiger partial charge in [-0.25, -0.2) is 4.39 Å². The molecule has 2 nitrogen and oxygen atoms in total. The molecule has 0 aliphatic carbocycles. The van der Waals surface area contributed by atoms with Crippen LogP contribution in [0.25, 0.3) is 10.6 Å². The van der Waals surface area contributed by atoms with Crippen LogP contribution in [0.1, 0.15) is 17.3 Å². The summed E-state index contributed by atoms with van der Waals surface area (Å²) in [5, 5.41) is 9.42. The average Bonchev–Trinajstić information content (AvgIpc) is 2.66. The minimum Gasteiger partial charge on any atom is -0.207 e. The maximum absolute atomic E-state index is 12.9. The lowest BCUT2D eigenvalue weighted by Crippen LogP contribution is -1.82. The molecule has 0 saturated heterocycles. The van der Waals surface area contributed by atoms with E-state index in [2.05, 4.69) is 10.2 Å². The van der Waals surface area contributed by atoms with Gasteiger partial charge in [-0.3, -0.25) is 0 Å². The van der Waals surface area contributed by atoms with E-state index in [0.29, 0.717) is 15.6 Å². The van der Waals surface area contributed by atoms with Crippen molar-refractivity contribution in [2.75, 3.05) is 0 Å². The molecule has 1 heterocycles. The van der Waals surface area contributed by atoms with Crippen molar-refractivity contribution in [3.8, 4) is 10.6 Å². The molecule has 1 atom stereocenters. The molecule has 2 rings (SSSR count). The van der Waals surface area contributed by atoms with Gasteiger partial charge in [-0.05, 0) is 25.1 Å². The van der Waals surface area contributed by atoms with Gasteiger partial charge in [0.15, 0.2) is 0 Å². The molecular weight excluding hydrogens is 270 g/mol. The smallest absolute Gasteiger partial charge is 0.149 e. The van der Waals surface area contributed by atoms with Gasteiger partial charge in [-0.15, -0.1) is 21.8 Å². The molecule has 0 spiro atoms. The Balaban J connectivity index is 2.42. The predicted molar refractivity (Wildman–Crippen MR) is 64.6 cm³/mol. The van der Waals surface area contributed by atoms with Crippen LogP contribution >= 0.6 is 34.5 Å². The van der Waals surface area contributed by atoms with E-state index >= 15 is 0 Å². The van der Waals surface area contributed by atoms with Crippen LogP contribution in [0, 0.1) is 5.82 Å². The molecule has 1 aromatic carbocycles. The van der Waals surface area contributed by atoms with Crippen molar-refractivity contribution in [2.45, 2.75) is 12.3 Å². The Morgan fingerprint density at radius 1 is 1.38 bits per heavy atom. The second kappa shape index (κ2) is 4.65. The highest BCUT2D eigenvalue weighted by atomic mass is 35.5. The van der Waals surface area contributed by atoms with E-state index in [0.717, 1.165) is 5.01 Å². The topological polar surface area (TPSA) is 25.8 Å². The van der Waals surface area contributed by atoms with Crippen molar-refractivity contribution >= 4 is 34.5 Å². The number of alkyl halides is 1. The summed E-state index contributed by atoms with van der Waals surface area (Å²) in [6.45, 7) is 1.82. The molecule has 0 fully saturated rings. The third-order valence-electron chi connectivity index (χ3n) is 1.94. The van der Waals surface area contributed by atoms with Crippen molar-refractivity contribution in [3.05, 3.63) is 34.0 Å². The monoisotopic (exact) mass is 276 g/mol. The Labute approximate surface area is 106 Å². The minimum absolute atomic E-state index is 0.189. The van der Waals surface area contributed by atoms with Crippen molar-refractivity contribution < 1.29 is 4.39 Å². The summed E-state index contributed by atoms with van der Waals surface area (Å²) < 4.78 is 12.9. The maximum Gasteiger partial charge on any atom is 0.149 e. The number of rotatable bonds is 2. The number of hydrogen-bond acceptors (Lipinski definition) is 3. The van der Waals surface area contributed by atoms with Crippen LogP contribution < -0.4 is 0 Å². The molecule has 0 aliphatic heterocycles. The molecule has 0 amide bonds. The van der Waals surface area contributed by atoms with Crippen LogP contribution in [-0.2, 0) is 0 Å². The fourth-order valence-electron chi connectivity index (χ4n) is 1.17. The normalized spacial score (nSPS) is 12.8. The van der Waals surface area contributed by atoms with Crippen LogP contribution in [0.3, 0.4) is 0 Å². The Bertz CT molecular complexity index is 513. The van der Waals surface area contributed by atoms with Crippen molar-refractivity contribution in [1.82, 2.24) is 10.2 Å². The van der Waals surface area contributed by atoms with Crippen LogP contribution in [0.2, 0.25) is 5.02 Å². The molecule has 0 saturated carbocycles. The lowest BCUT2D eigenvalue weighted by molar-refractivity contribution is 0.628. The van der Waals surface area contributed by atoms with E-state index < -0.39 is 0 Å². The number of halogens is 3. The Kier molecular flexibility index (Phi) is 3.42. The molecule has 84 valence electrons. The first kappa shape index (κ1) is 11.8. The second-order valence-electron chi connectivity index (χ2n) is 3.19. The van der Waals surface area contributed by atoms with Gasteiger partial charge in [0.05, 0.1) is 10.4 Å². The van der Waals surface area contributed by atoms with E-state index in [9.17, 15) is 4.39 Å². The van der Waals surface area contributed by atoms with Crippen LogP contribution in [0.4, 0.5) is 4.39 Å². The zero-order valence-corrected chi connectivity index (χ0v) is 10.6. The first-order chi connectivity index (χ1) is 7.58. The van der Waals surface area contributed by atoms with Crippen LogP contribution in [-0.4, -0.2) is 10.2 Å². The third-order valence-corrected chi connectivity index (χ3v) is 3.73. The van der Waals surface area contributed by atoms with Gasteiger partial charge >= 0.3 is 0 Å². The summed E-state index contributed by atoms with van der Waals surface area (Å²) in [5.41, 5.74) is 0.670. The van der Waals surface area contributed by atoms with Gasteiger partial charge in [-0.1, -0.05) is 22.9 Å². The highest BCUT2D eigenvalue weighted by molar-refractivity contribution is 7.15. The summed E-state index contributed by atoms with van der Waals surface area (Å²) in [7, 11) is 0. The lowest BCUT2D eigenvalue weighted by atomic mass is 10.2. The molecule has 6 heteroatoms. The van der Waals surface area contributed by atoms with Gasteiger partial charge in [-0.2, -0.15) is 0 Å². The number of aromatic nitrogens is 2. The predicted octanol–water partition coefficient (Wildman–Crippen LogP) is 4.30. The summed E-state index contributed by atoms with van der Waals surface area (Å²) >= 11 is 13.2. The molecule has 0 bridgehead atoms. The van der Waals surface area contributed by atoms with Crippen LogP contribution in [0.5, 0.6) is 0 Å². The molecule has 2 aromatic rings. The SMILES string of the molecule is CC(Cl)c1nnc(-c2ccc(F)cc2Cl)s1. The highest BCUT2D eigenvalue weighted by Crippen LogP contribution is 2.33. The zero-order valence-electron chi connectivity index (χ0n) is 8.25. The largest absolute Gasteiger partial charge is 0.207 e. The number of nitrogens with zero attached hydrogens (tertiary/aromatic N) is 2. The van der Waals surface area contributed by atoms with E-state index in [1.807, 2.05) is 6.92 Å². The maximum atomic E-state index is 12.9. The zero-order chi connectivity index (χ0) is 11.7. The molecule has 1 unspecified atom stereocenters. The van der Waals surface area contributed by atoms with E-state index in [1.165, 1.54) is 23.5 Å². The first-order valence-corrected chi connectivity index (χ1v) is 6.14. The number of benzene rings is 1. The van der Waals surface area contributed by atoms with E-state index in [1.54, 1.807) is 6.07 Å². The van der Waals surface area contributed by atoms with Crippen LogP contribution in [0.15, 0.2) is 18.2 Å². The fourth-order valence-corrected chi connectivity index (χ4v) is 2.47. The molecule has 0 N–H and O–H groups in total. The van der Waals surface area contributed by atoms with Crippen molar-refractivity contribution in [2.24, 2.45) is 0 Å². The van der Waals surface area contributed by atoms with E-state index in [-0.39, 0.29) is 11.2 Å². The highest BCUT2D eigenvalue weighted by Gasteiger charge is 2.13. The first-order valence-electron chi connectivity index (χ1n) is 4.51. The van der Waals surface area contributed by atoms with Gasteiger partial charge < -0.3 is 0 Å². The summed E-state index contributed by atoms with van der Waals surface area (Å²) in [6.07, 6.45) is 0. The molecule has 16 heavy (non-hydrogen) atoms. The molecule has 0 aliphatic rings. The Morgan fingerprint density at radius 3 is 2.69 bits per heavy atom. The van der Waals surface area contributed by atoms with Gasteiger partial charge in [0, 0.05) is 5.56 Å².